The van der Waals surface area contributed by atoms with Gasteiger partial charge in [-0.05, 0) is 124 Å². The van der Waals surface area contributed by atoms with Crippen LogP contribution < -0.4 is 0 Å². The number of unbranched alkanes of at least 4 members (excludes halogenated alkanes) is 2. The van der Waals surface area contributed by atoms with Crippen molar-refractivity contribution in [3.63, 3.8) is 0 Å². The third-order valence-electron chi connectivity index (χ3n) is 10.2. The van der Waals surface area contributed by atoms with E-state index in [1.807, 2.05) is 45.0 Å². The van der Waals surface area contributed by atoms with Crippen LogP contribution in [0.15, 0.2) is 65.8 Å². The lowest BCUT2D eigenvalue weighted by atomic mass is 9.93. The predicted octanol–water partition coefficient (Wildman–Crippen LogP) is 14.3. The topological polar surface area (TPSA) is 95.6 Å². The molecule has 6 nitrogen and oxygen atoms in total. The number of aromatic nitrogens is 1. The highest BCUT2D eigenvalue weighted by atomic mass is 19.1. The highest BCUT2D eigenvalue weighted by Crippen LogP contribution is 2.22. The summed E-state index contributed by atoms with van der Waals surface area (Å²) in [6, 6.07) is 17.5. The number of nitriles is 1. The molecule has 1 fully saturated rings. The van der Waals surface area contributed by atoms with Gasteiger partial charge < -0.3 is 9.84 Å². The highest BCUT2D eigenvalue weighted by molar-refractivity contribution is 5.89. The lowest BCUT2D eigenvalue weighted by molar-refractivity contribution is -0.0553. The van der Waals surface area contributed by atoms with Crippen LogP contribution in [0, 0.1) is 54.7 Å². The Balaban J connectivity index is 0.000000708. The largest absolute Gasteiger partial charge is 0.478 e. The highest BCUT2D eigenvalue weighted by Gasteiger charge is 2.16. The number of hydrogen-bond donors (Lipinski definition) is 1. The number of benzene rings is 2. The molecule has 4 atom stereocenters. The van der Waals surface area contributed by atoms with Gasteiger partial charge in [0.1, 0.15) is 5.82 Å². The van der Waals surface area contributed by atoms with Crippen molar-refractivity contribution in [2.45, 2.75) is 160 Å². The SMILES string of the molecule is CCC(C)CC(C)=Nc1ccc(C(=O)O)cc1C.CCC(C)Cc1ccc(C#N)cc1F.CCCC[C@@H](C)C(C)C.CCCC[C@@H]1CCO1.Cc1ccccn1. The molecule has 0 aliphatic carbocycles. The molecule has 2 aromatic carbocycles. The molecule has 56 heavy (non-hydrogen) atoms. The average Bonchev–Trinajstić information content (AvgIpc) is 3.16. The fourth-order valence-electron chi connectivity index (χ4n) is 5.37. The van der Waals surface area contributed by atoms with Gasteiger partial charge in [-0.2, -0.15) is 5.26 Å². The molecule has 2 heterocycles. The van der Waals surface area contributed by atoms with Crippen LogP contribution in [0.4, 0.5) is 10.1 Å². The Labute approximate surface area is 341 Å². The lowest BCUT2D eigenvalue weighted by Gasteiger charge is -2.25. The molecule has 1 N–H and O–H groups in total. The second-order valence-corrected chi connectivity index (χ2v) is 15.8. The zero-order chi connectivity index (χ0) is 42.5. The van der Waals surface area contributed by atoms with Gasteiger partial charge in [-0.1, -0.05) is 119 Å². The van der Waals surface area contributed by atoms with Crippen LogP contribution in [0.25, 0.3) is 0 Å². The number of aromatic carboxylic acids is 1. The van der Waals surface area contributed by atoms with Gasteiger partial charge in [0.2, 0.25) is 0 Å². The van der Waals surface area contributed by atoms with Crippen molar-refractivity contribution >= 4 is 17.4 Å². The Hall–Kier alpha value is -3.89. The summed E-state index contributed by atoms with van der Waals surface area (Å²) in [4.78, 5) is 19.4. The van der Waals surface area contributed by atoms with Crippen LogP contribution in [-0.4, -0.2) is 34.5 Å². The first kappa shape index (κ1) is 52.1. The van der Waals surface area contributed by atoms with E-state index in [4.69, 9.17) is 15.1 Å². The van der Waals surface area contributed by atoms with Crippen molar-refractivity contribution in [1.29, 1.82) is 5.26 Å². The molecule has 312 valence electrons. The zero-order valence-corrected chi connectivity index (χ0v) is 37.1. The molecular formula is C49H76FN3O3. The van der Waals surface area contributed by atoms with E-state index >= 15 is 0 Å². The van der Waals surface area contributed by atoms with Gasteiger partial charge in [-0.25, -0.2) is 9.18 Å². The Morgan fingerprint density at radius 3 is 2.05 bits per heavy atom. The van der Waals surface area contributed by atoms with Crippen LogP contribution in [-0.2, 0) is 11.2 Å². The van der Waals surface area contributed by atoms with Crippen molar-refractivity contribution in [2.75, 3.05) is 6.61 Å². The van der Waals surface area contributed by atoms with E-state index in [2.05, 4.69) is 72.3 Å². The standard InChI is InChI=1S/C15H21NO2.C12H14FN.C9H20.C7H14O.C6H7N/c1-5-10(2)8-12(4)16-14-7-6-13(15(17)18)9-11(14)3;1-3-9(2)6-11-5-4-10(8-14)7-12(11)13;1-5-6-7-9(4)8(2)3;1-2-3-4-7-5-6-8-7;1-6-4-2-3-5-7-6/h6-7,9-10H,5,8H2,1-4H3,(H,17,18);4-5,7,9H,3,6H2,1-2H3;8-9H,5-7H2,1-4H3;7H,2-6H2,1H3;2-5H,1H3/t;;9-;7-;/m..11./s1. The maximum Gasteiger partial charge on any atom is 0.335 e. The van der Waals surface area contributed by atoms with E-state index in [1.54, 1.807) is 36.5 Å². The fraction of sp³-hybridized carbons (Fsp3) is 0.592. The van der Waals surface area contributed by atoms with Crippen LogP contribution in [0.3, 0.4) is 0 Å². The molecule has 1 aliphatic rings. The van der Waals surface area contributed by atoms with Crippen LogP contribution in [0.1, 0.15) is 166 Å². The Morgan fingerprint density at radius 2 is 1.62 bits per heavy atom. The number of ether oxygens (including phenoxy) is 1. The third-order valence-corrected chi connectivity index (χ3v) is 10.2. The average molecular weight is 774 g/mol. The predicted molar refractivity (Wildman–Crippen MR) is 236 cm³/mol. The number of hydrogen-bond acceptors (Lipinski definition) is 5. The van der Waals surface area contributed by atoms with E-state index in [-0.39, 0.29) is 5.82 Å². The summed E-state index contributed by atoms with van der Waals surface area (Å²) in [6.45, 7) is 26.9. The number of carboxylic acids is 1. The third kappa shape index (κ3) is 24.6. The molecular weight excluding hydrogens is 698 g/mol. The number of aliphatic imine (C=N–C) groups is 1. The van der Waals surface area contributed by atoms with Gasteiger partial charge in [0.15, 0.2) is 0 Å². The van der Waals surface area contributed by atoms with Crippen molar-refractivity contribution in [2.24, 2.45) is 28.7 Å². The Kier molecular flexibility index (Phi) is 29.1. The normalized spacial score (nSPS) is 14.7. The van der Waals surface area contributed by atoms with Crippen LogP contribution >= 0.6 is 0 Å². The van der Waals surface area contributed by atoms with E-state index in [1.165, 1.54) is 51.0 Å². The van der Waals surface area contributed by atoms with Gasteiger partial charge in [0.25, 0.3) is 0 Å². The molecule has 1 aromatic heterocycles. The first-order valence-electron chi connectivity index (χ1n) is 21.2. The van der Waals surface area contributed by atoms with Crippen LogP contribution in [0.5, 0.6) is 0 Å². The number of pyridine rings is 1. The summed E-state index contributed by atoms with van der Waals surface area (Å²) < 4.78 is 18.6. The molecule has 4 rings (SSSR count). The van der Waals surface area contributed by atoms with E-state index < -0.39 is 5.97 Å². The molecule has 0 amide bonds. The summed E-state index contributed by atoms with van der Waals surface area (Å²) in [5, 5.41) is 17.5. The molecule has 3 aromatic rings. The van der Waals surface area contributed by atoms with Gasteiger partial charge in [0, 0.05) is 24.2 Å². The number of carboxylic acid groups (broad SMARTS) is 1. The number of nitrogens with zero attached hydrogens (tertiary/aromatic N) is 3. The summed E-state index contributed by atoms with van der Waals surface area (Å²) in [6.07, 6.45) is 15.7. The first-order chi connectivity index (χ1) is 26.6. The molecule has 2 unspecified atom stereocenters. The molecule has 7 heteroatoms. The van der Waals surface area contributed by atoms with Crippen LogP contribution in [0.2, 0.25) is 0 Å². The molecule has 0 radical (unpaired) electrons. The quantitative estimate of drug-likeness (QED) is 0.155. The minimum absolute atomic E-state index is 0.260. The van der Waals surface area contributed by atoms with E-state index in [0.29, 0.717) is 34.6 Å². The minimum atomic E-state index is -0.898. The maximum atomic E-state index is 13.4. The Bertz CT molecular complexity index is 1550. The summed E-state index contributed by atoms with van der Waals surface area (Å²) in [5.74, 6) is 1.75. The second kappa shape index (κ2) is 31.2. The van der Waals surface area contributed by atoms with Crippen molar-refractivity contribution in [3.8, 4) is 6.07 Å². The van der Waals surface area contributed by atoms with Gasteiger partial charge >= 0.3 is 5.97 Å². The number of aryl methyl sites for hydroxylation is 2. The van der Waals surface area contributed by atoms with Gasteiger partial charge in [-0.15, -0.1) is 0 Å². The van der Waals surface area contributed by atoms with E-state index in [9.17, 15) is 9.18 Å². The zero-order valence-electron chi connectivity index (χ0n) is 37.1. The van der Waals surface area contributed by atoms with E-state index in [0.717, 1.165) is 66.8 Å². The lowest BCUT2D eigenvalue weighted by Crippen LogP contribution is -2.26. The molecule has 1 saturated heterocycles. The number of carbonyl (C=O) groups is 1. The van der Waals surface area contributed by atoms with Crippen molar-refractivity contribution in [3.05, 3.63) is 94.6 Å². The molecule has 0 saturated carbocycles. The van der Waals surface area contributed by atoms with Crippen molar-refractivity contribution in [1.82, 2.24) is 4.98 Å². The van der Waals surface area contributed by atoms with Gasteiger partial charge in [0.05, 0.1) is 29.0 Å². The second-order valence-electron chi connectivity index (χ2n) is 15.8. The first-order valence-corrected chi connectivity index (χ1v) is 21.2. The Morgan fingerprint density at radius 1 is 0.964 bits per heavy atom. The molecule has 0 bridgehead atoms. The number of halogens is 1. The molecule has 1 aliphatic heterocycles. The van der Waals surface area contributed by atoms with Crippen molar-refractivity contribution < 1.29 is 19.0 Å². The fourth-order valence-corrected chi connectivity index (χ4v) is 5.37. The summed E-state index contributed by atoms with van der Waals surface area (Å²) >= 11 is 0. The summed E-state index contributed by atoms with van der Waals surface area (Å²) in [5.41, 5.74) is 5.33. The smallest absolute Gasteiger partial charge is 0.335 e. The maximum absolute atomic E-state index is 13.4. The number of rotatable bonds is 15. The monoisotopic (exact) mass is 774 g/mol. The van der Waals surface area contributed by atoms with Gasteiger partial charge in [-0.3, -0.25) is 9.98 Å². The summed E-state index contributed by atoms with van der Waals surface area (Å²) in [7, 11) is 0. The molecule has 0 spiro atoms. The minimum Gasteiger partial charge on any atom is -0.478 e.